The van der Waals surface area contributed by atoms with Gasteiger partial charge in [0.25, 0.3) is 0 Å². The summed E-state index contributed by atoms with van der Waals surface area (Å²) in [7, 11) is 0. The predicted molar refractivity (Wildman–Crippen MR) is 223 cm³/mol. The Morgan fingerprint density at radius 3 is 0.750 bits per heavy atom. The minimum atomic E-state index is -0.156. The molecule has 0 atom stereocenters. The van der Waals surface area contributed by atoms with Gasteiger partial charge in [-0.15, -0.1) is 0 Å². The summed E-state index contributed by atoms with van der Waals surface area (Å²) in [6.07, 6.45) is 25.7. The van der Waals surface area contributed by atoms with Crippen LogP contribution in [-0.4, -0.2) is 145 Å². The summed E-state index contributed by atoms with van der Waals surface area (Å²) in [5.74, 6) is -0.156. The molecule has 0 fully saturated rings. The van der Waals surface area contributed by atoms with E-state index in [0.717, 1.165) is 32.3 Å². The Kier molecular flexibility index (Phi) is 51.2. The molecule has 12 heteroatoms. The van der Waals surface area contributed by atoms with E-state index in [1.54, 1.807) is 0 Å². The first-order valence-corrected chi connectivity index (χ1v) is 22.7. The molecule has 0 aromatic rings. The third kappa shape index (κ3) is 51.1. The fourth-order valence-corrected chi connectivity index (χ4v) is 5.64. The molecule has 0 bridgehead atoms. The van der Waals surface area contributed by atoms with Crippen molar-refractivity contribution < 1.29 is 56.9 Å². The van der Waals surface area contributed by atoms with Crippen molar-refractivity contribution in [3.8, 4) is 0 Å². The first-order chi connectivity index (χ1) is 27.8. The number of carbonyl (C=O) groups excluding carboxylic acids is 1. The molecule has 0 heterocycles. The highest BCUT2D eigenvalue weighted by molar-refractivity contribution is 5.69. The van der Waals surface area contributed by atoms with Crippen LogP contribution in [0.2, 0.25) is 0 Å². The lowest BCUT2D eigenvalue weighted by atomic mass is 10.0. The van der Waals surface area contributed by atoms with E-state index in [1.165, 1.54) is 96.3 Å². The van der Waals surface area contributed by atoms with Crippen molar-refractivity contribution in [2.75, 3.05) is 139 Å². The van der Waals surface area contributed by atoms with Gasteiger partial charge < -0.3 is 52.1 Å². The molecule has 0 rings (SSSR count). The van der Waals surface area contributed by atoms with Crippen molar-refractivity contribution in [2.24, 2.45) is 0 Å². The summed E-state index contributed by atoms with van der Waals surface area (Å²) >= 11 is 0. The van der Waals surface area contributed by atoms with Crippen molar-refractivity contribution >= 4 is 5.97 Å². The number of hydrogen-bond donors (Lipinski definition) is 0. The highest BCUT2D eigenvalue weighted by atomic mass is 16.6. The first-order valence-electron chi connectivity index (χ1n) is 22.7. The van der Waals surface area contributed by atoms with Gasteiger partial charge in [-0.3, -0.25) is 4.79 Å². The number of rotatable bonds is 51. The molecular formula is C44H88O12. The average Bonchev–Trinajstić information content (AvgIpc) is 3.20. The van der Waals surface area contributed by atoms with E-state index in [4.69, 9.17) is 52.1 Å². The fourth-order valence-electron chi connectivity index (χ4n) is 5.64. The van der Waals surface area contributed by atoms with Gasteiger partial charge in [-0.05, 0) is 12.8 Å². The van der Waals surface area contributed by atoms with E-state index >= 15 is 0 Å². The Bertz CT molecular complexity index is 718. The second-order valence-electron chi connectivity index (χ2n) is 14.1. The Balaban J connectivity index is 3.07. The monoisotopic (exact) mass is 809 g/mol. The van der Waals surface area contributed by atoms with Crippen LogP contribution in [0.3, 0.4) is 0 Å². The molecule has 336 valence electrons. The lowest BCUT2D eigenvalue weighted by Gasteiger charge is -2.09. The van der Waals surface area contributed by atoms with E-state index in [-0.39, 0.29) is 12.6 Å². The molecule has 0 amide bonds. The van der Waals surface area contributed by atoms with Crippen LogP contribution < -0.4 is 0 Å². The Morgan fingerprint density at radius 2 is 0.464 bits per heavy atom. The zero-order valence-corrected chi connectivity index (χ0v) is 36.4. The molecule has 0 spiro atoms. The molecule has 0 saturated heterocycles. The third-order valence-corrected chi connectivity index (χ3v) is 8.97. The number of ether oxygens (including phenoxy) is 11. The summed E-state index contributed by atoms with van der Waals surface area (Å²) < 4.78 is 60.3. The Hall–Kier alpha value is -0.930. The maximum absolute atomic E-state index is 11.5. The zero-order valence-electron chi connectivity index (χ0n) is 36.4. The van der Waals surface area contributed by atoms with E-state index < -0.39 is 0 Å². The van der Waals surface area contributed by atoms with Crippen molar-refractivity contribution in [1.82, 2.24) is 0 Å². The fraction of sp³-hybridized carbons (Fsp3) is 0.977. The van der Waals surface area contributed by atoms with Crippen LogP contribution in [0.15, 0.2) is 0 Å². The van der Waals surface area contributed by atoms with Crippen molar-refractivity contribution in [3.63, 3.8) is 0 Å². The van der Waals surface area contributed by atoms with Crippen LogP contribution >= 0.6 is 0 Å². The molecule has 0 aliphatic rings. The lowest BCUT2D eigenvalue weighted by molar-refractivity contribution is -0.145. The smallest absolute Gasteiger partial charge is 0.305 e. The van der Waals surface area contributed by atoms with E-state index in [1.807, 2.05) is 0 Å². The molecule has 0 saturated carbocycles. The first kappa shape index (κ1) is 55.1. The molecule has 0 radical (unpaired) electrons. The average molecular weight is 809 g/mol. The molecule has 12 nitrogen and oxygen atoms in total. The van der Waals surface area contributed by atoms with Gasteiger partial charge in [-0.1, -0.05) is 123 Å². The number of carbonyl (C=O) groups is 1. The second kappa shape index (κ2) is 52.1. The Labute approximate surface area is 343 Å². The number of unbranched alkanes of at least 4 members (excludes halogenated alkanes) is 17. The van der Waals surface area contributed by atoms with Crippen molar-refractivity contribution in [2.45, 2.75) is 142 Å². The maximum atomic E-state index is 11.5. The van der Waals surface area contributed by atoms with Gasteiger partial charge in [0, 0.05) is 13.0 Å². The summed E-state index contributed by atoms with van der Waals surface area (Å²) in [6, 6.07) is 0. The summed E-state index contributed by atoms with van der Waals surface area (Å²) in [6.45, 7) is 15.4. The van der Waals surface area contributed by atoms with E-state index in [2.05, 4.69) is 13.8 Å². The van der Waals surface area contributed by atoms with Gasteiger partial charge in [-0.2, -0.15) is 0 Å². The minimum absolute atomic E-state index is 0.156. The van der Waals surface area contributed by atoms with Gasteiger partial charge in [0.05, 0.1) is 126 Å². The quantitative estimate of drug-likeness (QED) is 0.0433. The van der Waals surface area contributed by atoms with Crippen LogP contribution in [0.1, 0.15) is 142 Å². The SMILES string of the molecule is CCCCCCCCCCCCCCCCCCOCCOCCOCCOCCOCCOCCOCCOCCOCCOCCOC(=O)CCCCC. The van der Waals surface area contributed by atoms with Crippen LogP contribution in [0.4, 0.5) is 0 Å². The molecule has 0 aromatic heterocycles. The number of esters is 1. The van der Waals surface area contributed by atoms with Crippen LogP contribution in [0.25, 0.3) is 0 Å². The minimum Gasteiger partial charge on any atom is -0.463 e. The second-order valence-corrected chi connectivity index (χ2v) is 14.1. The van der Waals surface area contributed by atoms with Gasteiger partial charge >= 0.3 is 5.97 Å². The highest BCUT2D eigenvalue weighted by Gasteiger charge is 2.02. The summed E-state index contributed by atoms with van der Waals surface area (Å²) in [5, 5.41) is 0. The largest absolute Gasteiger partial charge is 0.463 e. The predicted octanol–water partition coefficient (Wildman–Crippen LogP) is 8.54. The van der Waals surface area contributed by atoms with E-state index in [0.29, 0.717) is 132 Å². The van der Waals surface area contributed by atoms with Gasteiger partial charge in [0.15, 0.2) is 0 Å². The van der Waals surface area contributed by atoms with Crippen LogP contribution in [0, 0.1) is 0 Å². The Morgan fingerprint density at radius 1 is 0.250 bits per heavy atom. The standard InChI is InChI=1S/C44H88O12/c1-3-5-7-8-9-10-11-12-13-14-15-16-17-18-19-21-23-46-24-25-47-26-27-48-28-29-49-30-31-50-32-33-51-34-35-52-36-37-53-38-39-54-40-41-55-42-43-56-44(45)22-20-6-4-2/h3-43H2,1-2H3. The normalized spacial score (nSPS) is 11.5. The van der Waals surface area contributed by atoms with Crippen LogP contribution in [0.5, 0.6) is 0 Å². The third-order valence-electron chi connectivity index (χ3n) is 8.97. The van der Waals surface area contributed by atoms with Crippen molar-refractivity contribution in [1.29, 1.82) is 0 Å². The topological polar surface area (TPSA) is 119 Å². The summed E-state index contributed by atoms with van der Waals surface area (Å²) in [5.41, 5.74) is 0. The van der Waals surface area contributed by atoms with Crippen LogP contribution in [-0.2, 0) is 56.9 Å². The van der Waals surface area contributed by atoms with Crippen molar-refractivity contribution in [3.05, 3.63) is 0 Å². The van der Waals surface area contributed by atoms with E-state index in [9.17, 15) is 4.79 Å². The van der Waals surface area contributed by atoms with Gasteiger partial charge in [-0.25, -0.2) is 0 Å². The zero-order chi connectivity index (χ0) is 40.3. The molecule has 56 heavy (non-hydrogen) atoms. The molecule has 0 aromatic carbocycles. The molecule has 0 aliphatic heterocycles. The molecule has 0 aliphatic carbocycles. The highest BCUT2D eigenvalue weighted by Crippen LogP contribution is 2.13. The lowest BCUT2D eigenvalue weighted by Crippen LogP contribution is -2.15. The molecule has 0 unspecified atom stereocenters. The van der Waals surface area contributed by atoms with Gasteiger partial charge in [0.2, 0.25) is 0 Å². The summed E-state index contributed by atoms with van der Waals surface area (Å²) in [4.78, 5) is 11.5. The number of hydrogen-bond acceptors (Lipinski definition) is 12. The van der Waals surface area contributed by atoms with Gasteiger partial charge in [0.1, 0.15) is 6.61 Å². The molecular weight excluding hydrogens is 720 g/mol. The maximum Gasteiger partial charge on any atom is 0.305 e. The molecule has 0 N–H and O–H groups in total.